The largest absolute Gasteiger partial charge is 0.481 e. The maximum Gasteiger partial charge on any atom is 0.170 e. The van der Waals surface area contributed by atoms with Crippen LogP contribution < -0.4 is 0 Å². The summed E-state index contributed by atoms with van der Waals surface area (Å²) in [5.41, 5.74) is 1.19. The van der Waals surface area contributed by atoms with Crippen LogP contribution in [0.2, 0.25) is 0 Å². The highest BCUT2D eigenvalue weighted by atomic mass is 79.9. The Kier molecular flexibility index (Phi) is 2.13. The van der Waals surface area contributed by atoms with Gasteiger partial charge in [0.25, 0.3) is 0 Å². The van der Waals surface area contributed by atoms with Gasteiger partial charge in [0.15, 0.2) is 6.40 Å². The number of hydrogen-bond acceptors (Lipinski definition) is 2. The molecule has 0 aromatic heterocycles. The Balaban J connectivity index is 2.33. The zero-order valence-electron chi connectivity index (χ0n) is 6.40. The van der Waals surface area contributed by atoms with E-state index in [1.54, 1.807) is 0 Å². The number of nitrogens with zero attached hydrogens (tertiary/aromatic N) is 1. The van der Waals surface area contributed by atoms with Crippen LogP contribution >= 0.6 is 15.9 Å². The summed E-state index contributed by atoms with van der Waals surface area (Å²) >= 11 is 3.48. The van der Waals surface area contributed by atoms with Crippen LogP contribution in [0.25, 0.3) is 0 Å². The van der Waals surface area contributed by atoms with Gasteiger partial charge < -0.3 is 4.74 Å². The molecule has 2 rings (SSSR count). The van der Waals surface area contributed by atoms with Gasteiger partial charge in [-0.2, -0.15) is 0 Å². The smallest absolute Gasteiger partial charge is 0.170 e. The van der Waals surface area contributed by atoms with Crippen LogP contribution in [0.4, 0.5) is 0 Å². The maximum absolute atomic E-state index is 5.05. The van der Waals surface area contributed by atoms with Crippen LogP contribution in [0.1, 0.15) is 11.6 Å². The Hall–Kier alpha value is -0.830. The highest BCUT2D eigenvalue weighted by Crippen LogP contribution is 2.27. The minimum absolute atomic E-state index is 0.167. The molecule has 1 aromatic carbocycles. The second-order valence-electron chi connectivity index (χ2n) is 2.63. The molecular weight excluding hydrogens is 218 g/mol. The summed E-state index contributed by atoms with van der Waals surface area (Å²) < 4.78 is 6.15. The lowest BCUT2D eigenvalue weighted by atomic mass is 10.1. The number of hydrogen-bond donors (Lipinski definition) is 0. The van der Waals surface area contributed by atoms with E-state index in [-0.39, 0.29) is 6.04 Å². The zero-order chi connectivity index (χ0) is 8.39. The number of rotatable bonds is 1. The molecule has 1 aromatic rings. The van der Waals surface area contributed by atoms with E-state index in [1.807, 2.05) is 18.2 Å². The summed E-state index contributed by atoms with van der Waals surface area (Å²) in [5, 5.41) is 0. The molecule has 1 unspecified atom stereocenters. The Morgan fingerprint density at radius 3 is 2.92 bits per heavy atom. The molecule has 0 fully saturated rings. The van der Waals surface area contributed by atoms with Crippen molar-refractivity contribution in [1.82, 2.24) is 0 Å². The molecule has 2 nitrogen and oxygen atoms in total. The molecule has 62 valence electrons. The Labute approximate surface area is 79.4 Å². The van der Waals surface area contributed by atoms with E-state index in [4.69, 9.17) is 4.74 Å². The fraction of sp³-hybridized carbons (Fsp3) is 0.222. The van der Waals surface area contributed by atoms with Crippen LogP contribution in [0.3, 0.4) is 0 Å². The molecule has 12 heavy (non-hydrogen) atoms. The molecule has 0 amide bonds. The first-order valence-corrected chi connectivity index (χ1v) is 4.55. The fourth-order valence-electron chi connectivity index (χ4n) is 1.21. The number of benzene rings is 1. The van der Waals surface area contributed by atoms with Gasteiger partial charge in [0.05, 0.1) is 0 Å². The molecule has 0 aliphatic carbocycles. The first-order chi connectivity index (χ1) is 5.88. The second-order valence-corrected chi connectivity index (χ2v) is 3.48. The van der Waals surface area contributed by atoms with Crippen LogP contribution in [0.15, 0.2) is 33.7 Å². The van der Waals surface area contributed by atoms with Crippen molar-refractivity contribution in [3.63, 3.8) is 0 Å². The van der Waals surface area contributed by atoms with E-state index < -0.39 is 0 Å². The fourth-order valence-corrected chi connectivity index (χ4v) is 1.76. The summed E-state index contributed by atoms with van der Waals surface area (Å²) in [5.74, 6) is 0. The topological polar surface area (TPSA) is 21.6 Å². The van der Waals surface area contributed by atoms with Crippen molar-refractivity contribution in [2.75, 3.05) is 6.61 Å². The molecule has 3 heteroatoms. The van der Waals surface area contributed by atoms with Crippen molar-refractivity contribution in [3.05, 3.63) is 34.3 Å². The van der Waals surface area contributed by atoms with E-state index in [2.05, 4.69) is 27.0 Å². The molecule has 0 radical (unpaired) electrons. The van der Waals surface area contributed by atoms with Gasteiger partial charge in [-0.05, 0) is 11.6 Å². The average Bonchev–Trinajstić information content (AvgIpc) is 2.57. The minimum atomic E-state index is 0.167. The van der Waals surface area contributed by atoms with Crippen molar-refractivity contribution in [2.45, 2.75) is 6.04 Å². The third-order valence-corrected chi connectivity index (χ3v) is 2.56. The minimum Gasteiger partial charge on any atom is -0.481 e. The van der Waals surface area contributed by atoms with Crippen molar-refractivity contribution in [3.8, 4) is 0 Å². The van der Waals surface area contributed by atoms with E-state index in [0.717, 1.165) is 4.47 Å². The molecule has 1 heterocycles. The maximum atomic E-state index is 5.05. The van der Waals surface area contributed by atoms with Gasteiger partial charge in [0.1, 0.15) is 12.6 Å². The Morgan fingerprint density at radius 1 is 1.42 bits per heavy atom. The number of ether oxygens (including phenoxy) is 1. The lowest BCUT2D eigenvalue weighted by molar-refractivity contribution is 0.330. The first-order valence-electron chi connectivity index (χ1n) is 3.75. The summed E-state index contributed by atoms with van der Waals surface area (Å²) in [7, 11) is 0. The molecule has 0 saturated carbocycles. The SMILES string of the molecule is Brc1ccccc1C1COC=N1. The van der Waals surface area contributed by atoms with Gasteiger partial charge in [-0.1, -0.05) is 34.1 Å². The molecule has 1 aliphatic heterocycles. The van der Waals surface area contributed by atoms with Crippen LogP contribution in [0, 0.1) is 0 Å². The molecule has 0 spiro atoms. The monoisotopic (exact) mass is 225 g/mol. The van der Waals surface area contributed by atoms with Gasteiger partial charge >= 0.3 is 0 Å². The molecular formula is C9H8BrNO. The number of aliphatic imine (C=N–C) groups is 1. The average molecular weight is 226 g/mol. The Bertz CT molecular complexity index is 311. The third-order valence-electron chi connectivity index (χ3n) is 1.83. The summed E-state index contributed by atoms with van der Waals surface area (Å²) in [6, 6.07) is 8.24. The second kappa shape index (κ2) is 3.27. The predicted octanol–water partition coefficient (Wildman–Crippen LogP) is 2.55. The van der Waals surface area contributed by atoms with Crippen molar-refractivity contribution < 1.29 is 4.74 Å². The van der Waals surface area contributed by atoms with Crippen LogP contribution in [-0.2, 0) is 4.74 Å². The standard InChI is InChI=1S/C9H8BrNO/c10-8-4-2-1-3-7(8)9-5-12-6-11-9/h1-4,6,9H,5H2. The normalized spacial score (nSPS) is 20.9. The van der Waals surface area contributed by atoms with Gasteiger partial charge in [-0.25, -0.2) is 4.99 Å². The van der Waals surface area contributed by atoms with Crippen LogP contribution in [0.5, 0.6) is 0 Å². The van der Waals surface area contributed by atoms with Gasteiger partial charge in [0, 0.05) is 4.47 Å². The van der Waals surface area contributed by atoms with Crippen molar-refractivity contribution in [1.29, 1.82) is 0 Å². The highest BCUT2D eigenvalue weighted by molar-refractivity contribution is 9.10. The first kappa shape index (κ1) is 7.80. The van der Waals surface area contributed by atoms with E-state index in [0.29, 0.717) is 6.61 Å². The molecule has 0 saturated heterocycles. The molecule has 1 aliphatic rings. The Morgan fingerprint density at radius 2 is 2.25 bits per heavy atom. The van der Waals surface area contributed by atoms with E-state index >= 15 is 0 Å². The van der Waals surface area contributed by atoms with E-state index in [1.165, 1.54) is 12.0 Å². The summed E-state index contributed by atoms with van der Waals surface area (Å²) in [6.45, 7) is 0.655. The van der Waals surface area contributed by atoms with Gasteiger partial charge in [-0.15, -0.1) is 0 Å². The summed E-state index contributed by atoms with van der Waals surface area (Å²) in [4.78, 5) is 4.19. The predicted molar refractivity (Wildman–Crippen MR) is 51.3 cm³/mol. The van der Waals surface area contributed by atoms with Crippen molar-refractivity contribution in [2.24, 2.45) is 4.99 Å². The number of halogens is 1. The van der Waals surface area contributed by atoms with E-state index in [9.17, 15) is 0 Å². The van der Waals surface area contributed by atoms with Crippen molar-refractivity contribution >= 4 is 22.3 Å². The zero-order valence-corrected chi connectivity index (χ0v) is 7.99. The molecule has 0 bridgehead atoms. The highest BCUT2D eigenvalue weighted by Gasteiger charge is 2.15. The van der Waals surface area contributed by atoms with Crippen LogP contribution in [-0.4, -0.2) is 13.0 Å². The molecule has 0 N–H and O–H groups in total. The third kappa shape index (κ3) is 1.37. The molecule has 1 atom stereocenters. The lowest BCUT2D eigenvalue weighted by Gasteiger charge is -2.06. The lowest BCUT2D eigenvalue weighted by Crippen LogP contribution is -1.97. The summed E-state index contributed by atoms with van der Waals surface area (Å²) in [6.07, 6.45) is 1.52. The van der Waals surface area contributed by atoms with Gasteiger partial charge in [0.2, 0.25) is 0 Å². The quantitative estimate of drug-likeness (QED) is 0.721. The van der Waals surface area contributed by atoms with Gasteiger partial charge in [-0.3, -0.25) is 0 Å².